The Hall–Kier alpha value is -1.30. The lowest BCUT2D eigenvalue weighted by Gasteiger charge is -2.39. The summed E-state index contributed by atoms with van der Waals surface area (Å²) in [5.74, 6) is 1.15. The monoisotopic (exact) mass is 367 g/mol. The summed E-state index contributed by atoms with van der Waals surface area (Å²) in [6.45, 7) is 0.630. The normalized spacial score (nSPS) is 25.9. The number of rotatable bonds is 8. The van der Waals surface area contributed by atoms with Crippen molar-refractivity contribution in [2.45, 2.75) is 44.2 Å². The quantitative estimate of drug-likeness (QED) is 0.540. The number of benzene rings is 1. The van der Waals surface area contributed by atoms with E-state index in [4.69, 9.17) is 21.1 Å². The standard InChI is InChI=1S/C19H26ClNO4/c1-24-12-25-9-8-17(15-4-2-3-5-16(15)20)21(19(22)23)18-11-13-6-7-14(18)10-13/h2-5,13-14,17-18H,6-12H2,1H3,(H,22,23)/t13?,14?,17-,18?/m0/s1. The summed E-state index contributed by atoms with van der Waals surface area (Å²) < 4.78 is 10.4. The van der Waals surface area contributed by atoms with Gasteiger partial charge in [-0.15, -0.1) is 0 Å². The molecule has 0 aromatic heterocycles. The largest absolute Gasteiger partial charge is 0.465 e. The number of nitrogens with zero attached hydrogens (tertiary/aromatic N) is 1. The maximum absolute atomic E-state index is 12.2. The van der Waals surface area contributed by atoms with E-state index in [0.717, 1.165) is 24.8 Å². The number of methoxy groups -OCH3 is 1. The van der Waals surface area contributed by atoms with Crippen LogP contribution in [0.1, 0.15) is 43.7 Å². The van der Waals surface area contributed by atoms with Crippen LogP contribution in [0, 0.1) is 11.8 Å². The third kappa shape index (κ3) is 4.10. The van der Waals surface area contributed by atoms with Crippen molar-refractivity contribution in [3.8, 4) is 0 Å². The first-order chi connectivity index (χ1) is 12.1. The molecule has 5 nitrogen and oxygen atoms in total. The number of fused-ring (bicyclic) bond motifs is 2. The predicted molar refractivity (Wildman–Crippen MR) is 95.7 cm³/mol. The molecule has 2 fully saturated rings. The lowest BCUT2D eigenvalue weighted by Crippen LogP contribution is -2.45. The molecule has 2 aliphatic carbocycles. The molecular formula is C19H26ClNO4. The second-order valence-electron chi connectivity index (χ2n) is 7.07. The van der Waals surface area contributed by atoms with Gasteiger partial charge in [0.25, 0.3) is 0 Å². The van der Waals surface area contributed by atoms with Gasteiger partial charge in [-0.05, 0) is 49.1 Å². The van der Waals surface area contributed by atoms with Crippen LogP contribution in [0.2, 0.25) is 5.02 Å². The zero-order valence-corrected chi connectivity index (χ0v) is 15.3. The Morgan fingerprint density at radius 3 is 2.76 bits per heavy atom. The highest BCUT2D eigenvalue weighted by atomic mass is 35.5. The minimum absolute atomic E-state index is 0.0833. The van der Waals surface area contributed by atoms with Gasteiger partial charge >= 0.3 is 6.09 Å². The molecule has 25 heavy (non-hydrogen) atoms. The van der Waals surface area contributed by atoms with E-state index in [-0.39, 0.29) is 18.9 Å². The fraction of sp³-hybridized carbons (Fsp3) is 0.632. The van der Waals surface area contributed by atoms with Crippen LogP contribution in [0.4, 0.5) is 4.79 Å². The van der Waals surface area contributed by atoms with E-state index in [1.54, 1.807) is 12.0 Å². The zero-order chi connectivity index (χ0) is 17.8. The van der Waals surface area contributed by atoms with Crippen molar-refractivity contribution in [1.82, 2.24) is 4.90 Å². The predicted octanol–water partition coefficient (Wildman–Crippen LogP) is 4.56. The summed E-state index contributed by atoms with van der Waals surface area (Å²) in [7, 11) is 1.57. The first kappa shape index (κ1) is 18.5. The van der Waals surface area contributed by atoms with Gasteiger partial charge in [-0.1, -0.05) is 36.2 Å². The lowest BCUT2D eigenvalue weighted by molar-refractivity contribution is -0.0385. The first-order valence-corrected chi connectivity index (χ1v) is 9.32. The van der Waals surface area contributed by atoms with Gasteiger partial charge in [0.15, 0.2) is 0 Å². The van der Waals surface area contributed by atoms with E-state index in [2.05, 4.69) is 0 Å². The van der Waals surface area contributed by atoms with E-state index in [1.807, 2.05) is 24.3 Å². The second-order valence-corrected chi connectivity index (χ2v) is 7.48. The first-order valence-electron chi connectivity index (χ1n) is 8.94. The number of carbonyl (C=O) groups is 1. The Morgan fingerprint density at radius 1 is 1.36 bits per heavy atom. The van der Waals surface area contributed by atoms with Crippen LogP contribution in [-0.2, 0) is 9.47 Å². The zero-order valence-electron chi connectivity index (χ0n) is 14.6. The van der Waals surface area contributed by atoms with E-state index in [9.17, 15) is 9.90 Å². The Bertz CT molecular complexity index is 597. The molecule has 6 heteroatoms. The second kappa shape index (κ2) is 8.39. The van der Waals surface area contributed by atoms with Crippen molar-refractivity contribution >= 4 is 17.7 Å². The molecule has 0 aliphatic heterocycles. The molecule has 138 valence electrons. The summed E-state index contributed by atoms with van der Waals surface area (Å²) in [6.07, 6.45) is 4.19. The molecule has 4 atom stereocenters. The molecule has 3 rings (SSSR count). The molecule has 1 aromatic rings. The highest BCUT2D eigenvalue weighted by Crippen LogP contribution is 2.49. The molecule has 2 bridgehead atoms. The molecule has 1 N–H and O–H groups in total. The molecule has 0 saturated heterocycles. The molecule has 1 aromatic carbocycles. The van der Waals surface area contributed by atoms with Crippen molar-refractivity contribution in [2.24, 2.45) is 11.8 Å². The maximum Gasteiger partial charge on any atom is 0.408 e. The Morgan fingerprint density at radius 2 is 2.16 bits per heavy atom. The van der Waals surface area contributed by atoms with Crippen molar-refractivity contribution < 1.29 is 19.4 Å². The number of halogens is 1. The molecule has 3 unspecified atom stereocenters. The van der Waals surface area contributed by atoms with E-state index in [0.29, 0.717) is 29.9 Å². The smallest absolute Gasteiger partial charge is 0.408 e. The molecule has 0 heterocycles. The van der Waals surface area contributed by atoms with Crippen LogP contribution < -0.4 is 0 Å². The van der Waals surface area contributed by atoms with Gasteiger partial charge in [0.2, 0.25) is 0 Å². The van der Waals surface area contributed by atoms with Crippen molar-refractivity contribution in [1.29, 1.82) is 0 Å². The van der Waals surface area contributed by atoms with Gasteiger partial charge in [0.05, 0.1) is 12.6 Å². The molecular weight excluding hydrogens is 342 g/mol. The highest BCUT2D eigenvalue weighted by molar-refractivity contribution is 6.31. The number of amides is 1. The third-order valence-electron chi connectivity index (χ3n) is 5.62. The van der Waals surface area contributed by atoms with E-state index >= 15 is 0 Å². The maximum atomic E-state index is 12.2. The van der Waals surface area contributed by atoms with Gasteiger partial charge < -0.3 is 14.6 Å². The van der Waals surface area contributed by atoms with E-state index < -0.39 is 6.09 Å². The summed E-state index contributed by atoms with van der Waals surface area (Å²) in [5, 5.41) is 10.6. The molecule has 2 aliphatic rings. The SMILES string of the molecule is COCOCC[C@@H](c1ccccc1Cl)N(C(=O)O)C1CC2CCC1C2. The topological polar surface area (TPSA) is 59.0 Å². The van der Waals surface area contributed by atoms with Gasteiger partial charge in [0, 0.05) is 18.2 Å². The Labute approximate surface area is 153 Å². The van der Waals surface area contributed by atoms with Gasteiger partial charge in [-0.2, -0.15) is 0 Å². The lowest BCUT2D eigenvalue weighted by atomic mass is 9.91. The summed E-state index contributed by atoms with van der Waals surface area (Å²) >= 11 is 6.41. The van der Waals surface area contributed by atoms with Crippen molar-refractivity contribution in [2.75, 3.05) is 20.5 Å². The van der Waals surface area contributed by atoms with Gasteiger partial charge in [-0.25, -0.2) is 4.79 Å². The molecule has 0 radical (unpaired) electrons. The van der Waals surface area contributed by atoms with Crippen LogP contribution in [0.25, 0.3) is 0 Å². The van der Waals surface area contributed by atoms with Crippen LogP contribution in [0.15, 0.2) is 24.3 Å². The average Bonchev–Trinajstić information content (AvgIpc) is 3.21. The number of carboxylic acid groups (broad SMARTS) is 1. The Kier molecular flexibility index (Phi) is 6.20. The van der Waals surface area contributed by atoms with Crippen LogP contribution in [0.5, 0.6) is 0 Å². The van der Waals surface area contributed by atoms with Crippen LogP contribution in [-0.4, -0.2) is 42.7 Å². The van der Waals surface area contributed by atoms with Crippen molar-refractivity contribution in [3.05, 3.63) is 34.9 Å². The fourth-order valence-electron chi connectivity index (χ4n) is 4.59. The summed E-state index contributed by atoms with van der Waals surface area (Å²) in [6, 6.07) is 7.30. The van der Waals surface area contributed by atoms with Crippen molar-refractivity contribution in [3.63, 3.8) is 0 Å². The average molecular weight is 368 g/mol. The highest BCUT2D eigenvalue weighted by Gasteiger charge is 2.46. The number of hydrogen-bond acceptors (Lipinski definition) is 3. The molecule has 2 saturated carbocycles. The Balaban J connectivity index is 1.84. The van der Waals surface area contributed by atoms with Gasteiger partial charge in [-0.3, -0.25) is 4.90 Å². The fourth-order valence-corrected chi connectivity index (χ4v) is 4.85. The number of hydrogen-bond donors (Lipinski definition) is 1. The third-order valence-corrected chi connectivity index (χ3v) is 5.96. The summed E-state index contributed by atoms with van der Waals surface area (Å²) in [4.78, 5) is 13.8. The van der Waals surface area contributed by atoms with E-state index in [1.165, 1.54) is 6.42 Å². The summed E-state index contributed by atoms with van der Waals surface area (Å²) in [5.41, 5.74) is 0.857. The minimum Gasteiger partial charge on any atom is -0.465 e. The molecule has 0 spiro atoms. The van der Waals surface area contributed by atoms with Crippen LogP contribution in [0.3, 0.4) is 0 Å². The van der Waals surface area contributed by atoms with Crippen LogP contribution >= 0.6 is 11.6 Å². The molecule has 1 amide bonds. The minimum atomic E-state index is -0.866. The van der Waals surface area contributed by atoms with Gasteiger partial charge in [0.1, 0.15) is 6.79 Å². The number of ether oxygens (including phenoxy) is 2.